The molecule has 0 aliphatic rings. The number of aromatic amines is 1. The molecule has 1 heterocycles. The number of benzene rings is 2. The van der Waals surface area contributed by atoms with Crippen molar-refractivity contribution in [2.75, 3.05) is 0 Å². The van der Waals surface area contributed by atoms with Crippen molar-refractivity contribution in [1.82, 2.24) is 15.6 Å². The van der Waals surface area contributed by atoms with Crippen LogP contribution in [-0.2, 0) is 32.0 Å². The van der Waals surface area contributed by atoms with Gasteiger partial charge in [0.15, 0.2) is 0 Å². The molecule has 0 saturated carbocycles. The normalized spacial score (nSPS) is 13.6. The molecule has 0 fully saturated rings. The predicted octanol–water partition coefficient (Wildman–Crippen LogP) is 0.210. The fraction of sp³-hybridized carbons (Fsp3) is 0.250. The molecular formula is C24H27N5O5. The zero-order chi connectivity index (χ0) is 24.7. The number of H-pyrrole nitrogens is 1. The van der Waals surface area contributed by atoms with Crippen LogP contribution in [0.1, 0.15) is 17.5 Å². The molecule has 0 saturated heterocycles. The molecular weight excluding hydrogens is 438 g/mol. The quantitative estimate of drug-likeness (QED) is 0.235. The number of carboxylic acid groups (broad SMARTS) is 1. The number of primary amides is 1. The van der Waals surface area contributed by atoms with E-state index in [0.29, 0.717) is 5.56 Å². The van der Waals surface area contributed by atoms with E-state index in [9.17, 15) is 24.3 Å². The summed E-state index contributed by atoms with van der Waals surface area (Å²) in [6, 6.07) is 12.8. The molecule has 0 spiro atoms. The first-order valence-electron chi connectivity index (χ1n) is 10.7. The number of carbonyl (C=O) groups excluding carboxylic acids is 3. The van der Waals surface area contributed by atoms with Crippen molar-refractivity contribution >= 4 is 34.6 Å². The van der Waals surface area contributed by atoms with Crippen molar-refractivity contribution in [3.8, 4) is 0 Å². The number of hydrogen-bond donors (Lipinski definition) is 6. The minimum atomic E-state index is -1.36. The van der Waals surface area contributed by atoms with Crippen LogP contribution < -0.4 is 22.1 Å². The average Bonchev–Trinajstić information content (AvgIpc) is 3.21. The Bertz CT molecular complexity index is 1180. The number of hydrogen-bond acceptors (Lipinski definition) is 5. The zero-order valence-corrected chi connectivity index (χ0v) is 18.4. The Morgan fingerprint density at radius 2 is 1.53 bits per heavy atom. The van der Waals surface area contributed by atoms with Gasteiger partial charge in [-0.15, -0.1) is 0 Å². The second-order valence-corrected chi connectivity index (χ2v) is 7.99. The highest BCUT2D eigenvalue weighted by atomic mass is 16.4. The van der Waals surface area contributed by atoms with E-state index in [1.165, 1.54) is 0 Å². The van der Waals surface area contributed by atoms with Gasteiger partial charge in [0.25, 0.3) is 0 Å². The molecule has 3 aromatic rings. The summed E-state index contributed by atoms with van der Waals surface area (Å²) in [5.74, 6) is -3.59. The Kier molecular flexibility index (Phi) is 7.99. The topological polar surface area (TPSA) is 180 Å². The van der Waals surface area contributed by atoms with Crippen LogP contribution in [0.2, 0.25) is 0 Å². The van der Waals surface area contributed by atoms with Gasteiger partial charge in [-0.25, -0.2) is 4.79 Å². The summed E-state index contributed by atoms with van der Waals surface area (Å²) in [5.41, 5.74) is 13.6. The van der Waals surface area contributed by atoms with E-state index >= 15 is 0 Å². The summed E-state index contributed by atoms with van der Waals surface area (Å²) in [5, 5.41) is 15.3. The first-order valence-corrected chi connectivity index (χ1v) is 10.7. The van der Waals surface area contributed by atoms with E-state index in [4.69, 9.17) is 11.5 Å². The van der Waals surface area contributed by atoms with Gasteiger partial charge in [0.2, 0.25) is 17.7 Å². The maximum Gasteiger partial charge on any atom is 0.326 e. The zero-order valence-electron chi connectivity index (χ0n) is 18.4. The second-order valence-electron chi connectivity index (χ2n) is 7.99. The Balaban J connectivity index is 1.69. The number of nitrogens with one attached hydrogen (secondary N) is 3. The number of para-hydroxylation sites is 1. The van der Waals surface area contributed by atoms with Gasteiger partial charge in [0.05, 0.1) is 12.5 Å². The summed E-state index contributed by atoms with van der Waals surface area (Å²) in [7, 11) is 0. The summed E-state index contributed by atoms with van der Waals surface area (Å²) in [4.78, 5) is 51.9. The molecule has 1 aromatic heterocycles. The number of rotatable bonds is 11. The minimum absolute atomic E-state index is 0.00412. The van der Waals surface area contributed by atoms with E-state index in [1.807, 2.05) is 54.6 Å². The number of aliphatic carboxylic acids is 1. The molecule has 3 rings (SSSR count). The molecule has 2 aromatic carbocycles. The summed E-state index contributed by atoms with van der Waals surface area (Å²) < 4.78 is 0. The van der Waals surface area contributed by atoms with Crippen LogP contribution in [0, 0.1) is 0 Å². The van der Waals surface area contributed by atoms with Crippen LogP contribution in [0.4, 0.5) is 0 Å². The molecule has 3 amide bonds. The third-order valence-corrected chi connectivity index (χ3v) is 5.39. The smallest absolute Gasteiger partial charge is 0.326 e. The minimum Gasteiger partial charge on any atom is -0.480 e. The monoisotopic (exact) mass is 465 g/mol. The molecule has 34 heavy (non-hydrogen) atoms. The van der Waals surface area contributed by atoms with E-state index in [0.717, 1.165) is 16.5 Å². The molecule has 0 radical (unpaired) electrons. The van der Waals surface area contributed by atoms with Crippen molar-refractivity contribution in [2.24, 2.45) is 11.5 Å². The summed E-state index contributed by atoms with van der Waals surface area (Å²) in [6.07, 6.45) is 1.39. The average molecular weight is 466 g/mol. The lowest BCUT2D eigenvalue weighted by atomic mass is 10.0. The first-order chi connectivity index (χ1) is 16.2. The third kappa shape index (κ3) is 6.42. The first kappa shape index (κ1) is 24.5. The van der Waals surface area contributed by atoms with Crippen molar-refractivity contribution < 1.29 is 24.3 Å². The Morgan fingerprint density at radius 3 is 2.21 bits per heavy atom. The molecule has 0 aliphatic heterocycles. The van der Waals surface area contributed by atoms with Crippen molar-refractivity contribution in [2.45, 2.75) is 37.4 Å². The molecule has 10 nitrogen and oxygen atoms in total. The number of nitrogens with two attached hydrogens (primary N) is 2. The number of carboxylic acids is 1. The molecule has 178 valence electrons. The highest BCUT2D eigenvalue weighted by Crippen LogP contribution is 2.19. The Labute approximate surface area is 195 Å². The van der Waals surface area contributed by atoms with Gasteiger partial charge >= 0.3 is 5.97 Å². The SMILES string of the molecule is NC(=O)C[C@H](NC(=O)[C@@H](N)Cc1ccccc1)C(=O)N[C@@H](Cc1c[nH]c2ccccc12)C(=O)O. The highest BCUT2D eigenvalue weighted by molar-refractivity contribution is 5.95. The molecule has 10 heteroatoms. The molecule has 0 aliphatic carbocycles. The second kappa shape index (κ2) is 11.1. The third-order valence-electron chi connectivity index (χ3n) is 5.39. The largest absolute Gasteiger partial charge is 0.480 e. The summed E-state index contributed by atoms with van der Waals surface area (Å²) in [6.45, 7) is 0. The van der Waals surface area contributed by atoms with Crippen LogP contribution in [0.15, 0.2) is 60.8 Å². The number of aromatic nitrogens is 1. The van der Waals surface area contributed by atoms with Crippen LogP contribution in [0.3, 0.4) is 0 Å². The fourth-order valence-corrected chi connectivity index (χ4v) is 3.64. The van der Waals surface area contributed by atoms with Gasteiger partial charge in [-0.05, 0) is 23.6 Å². The number of fused-ring (bicyclic) bond motifs is 1. The highest BCUT2D eigenvalue weighted by Gasteiger charge is 2.29. The Morgan fingerprint density at radius 1 is 0.882 bits per heavy atom. The standard InChI is InChI=1S/C24H27N5O5/c25-17(10-14-6-2-1-3-7-14)22(31)28-19(12-21(26)30)23(32)29-20(24(33)34)11-15-13-27-18-9-5-4-8-16(15)18/h1-9,13,17,19-20,27H,10-12,25H2,(H2,26,30)(H,28,31)(H,29,32)(H,33,34)/t17-,19-,20-/m0/s1. The van der Waals surface area contributed by atoms with E-state index in [2.05, 4.69) is 15.6 Å². The van der Waals surface area contributed by atoms with Crippen LogP contribution >= 0.6 is 0 Å². The van der Waals surface area contributed by atoms with E-state index in [-0.39, 0.29) is 12.8 Å². The van der Waals surface area contributed by atoms with Gasteiger partial charge in [-0.1, -0.05) is 48.5 Å². The van der Waals surface area contributed by atoms with Gasteiger partial charge < -0.3 is 32.2 Å². The van der Waals surface area contributed by atoms with Crippen LogP contribution in [-0.4, -0.2) is 51.9 Å². The van der Waals surface area contributed by atoms with Gasteiger partial charge in [-0.2, -0.15) is 0 Å². The van der Waals surface area contributed by atoms with Gasteiger partial charge in [-0.3, -0.25) is 14.4 Å². The lowest BCUT2D eigenvalue weighted by Crippen LogP contribution is -2.56. The lowest BCUT2D eigenvalue weighted by Gasteiger charge is -2.22. The van der Waals surface area contributed by atoms with E-state index < -0.39 is 48.2 Å². The fourth-order valence-electron chi connectivity index (χ4n) is 3.64. The predicted molar refractivity (Wildman–Crippen MR) is 125 cm³/mol. The molecule has 3 atom stereocenters. The van der Waals surface area contributed by atoms with Crippen LogP contribution in [0.25, 0.3) is 10.9 Å². The maximum absolute atomic E-state index is 12.9. The maximum atomic E-state index is 12.9. The molecule has 8 N–H and O–H groups in total. The van der Waals surface area contributed by atoms with Crippen molar-refractivity contribution in [1.29, 1.82) is 0 Å². The van der Waals surface area contributed by atoms with Gasteiger partial charge in [0.1, 0.15) is 12.1 Å². The molecule has 0 bridgehead atoms. The molecule has 0 unspecified atom stereocenters. The van der Waals surface area contributed by atoms with Crippen LogP contribution in [0.5, 0.6) is 0 Å². The number of carbonyl (C=O) groups is 4. The lowest BCUT2D eigenvalue weighted by molar-refractivity contribution is -0.142. The Hall–Kier alpha value is -4.18. The van der Waals surface area contributed by atoms with E-state index in [1.54, 1.807) is 6.20 Å². The van der Waals surface area contributed by atoms with Crippen molar-refractivity contribution in [3.05, 3.63) is 71.9 Å². The van der Waals surface area contributed by atoms with Crippen molar-refractivity contribution in [3.63, 3.8) is 0 Å². The summed E-state index contributed by atoms with van der Waals surface area (Å²) >= 11 is 0. The number of amides is 3. The van der Waals surface area contributed by atoms with Gasteiger partial charge in [0, 0.05) is 23.5 Å².